The van der Waals surface area contributed by atoms with Crippen LogP contribution in [0.15, 0.2) is 12.4 Å². The number of carbonyl (C=O) groups is 1. The van der Waals surface area contributed by atoms with Gasteiger partial charge in [0.2, 0.25) is 5.91 Å². The summed E-state index contributed by atoms with van der Waals surface area (Å²) in [6, 6.07) is 0. The highest BCUT2D eigenvalue weighted by Crippen LogP contribution is 2.00. The Kier molecular flexibility index (Phi) is 6.97. The van der Waals surface area contributed by atoms with Crippen LogP contribution in [0.5, 0.6) is 0 Å². The fourth-order valence-corrected chi connectivity index (χ4v) is 1.40. The number of hydrogen-bond acceptors (Lipinski definition) is 4. The Morgan fingerprint density at radius 1 is 1.35 bits per heavy atom. The summed E-state index contributed by atoms with van der Waals surface area (Å²) in [4.78, 5) is 10.9. The Hall–Kier alpha value is -1.43. The van der Waals surface area contributed by atoms with Crippen LogP contribution in [0.1, 0.15) is 25.7 Å². The fraction of sp³-hybridized carbons (Fsp3) is 0.727. The lowest BCUT2D eigenvalue weighted by molar-refractivity contribution is -0.120. The van der Waals surface area contributed by atoms with Gasteiger partial charge in [0, 0.05) is 26.3 Å². The molecule has 0 saturated carbocycles. The van der Waals surface area contributed by atoms with Crippen LogP contribution >= 0.6 is 0 Å². The molecule has 1 aromatic rings. The van der Waals surface area contributed by atoms with Crippen LogP contribution in [0.25, 0.3) is 0 Å². The van der Waals surface area contributed by atoms with Crippen LogP contribution in [0, 0.1) is 0 Å². The lowest BCUT2D eigenvalue weighted by Crippen LogP contribution is -2.16. The molecule has 0 aliphatic heterocycles. The molecule has 1 heterocycles. The minimum atomic E-state index is 0.108. The van der Waals surface area contributed by atoms with E-state index < -0.39 is 0 Å². The second kappa shape index (κ2) is 8.69. The third-order valence-corrected chi connectivity index (χ3v) is 2.41. The van der Waals surface area contributed by atoms with Gasteiger partial charge >= 0.3 is 0 Å². The lowest BCUT2D eigenvalue weighted by Gasteiger charge is -2.04. The Bertz CT molecular complexity index is 300. The summed E-state index contributed by atoms with van der Waals surface area (Å²) < 4.78 is 7.19. The molecule has 17 heavy (non-hydrogen) atoms. The van der Waals surface area contributed by atoms with Gasteiger partial charge in [-0.1, -0.05) is 11.6 Å². The molecule has 0 atom stereocenters. The van der Waals surface area contributed by atoms with E-state index in [9.17, 15) is 4.79 Å². The molecule has 0 aliphatic rings. The Morgan fingerprint density at radius 2 is 2.24 bits per heavy atom. The van der Waals surface area contributed by atoms with Crippen LogP contribution in [0.4, 0.5) is 0 Å². The molecule has 0 aromatic carbocycles. The van der Waals surface area contributed by atoms with Crippen molar-refractivity contribution in [3.8, 4) is 0 Å². The number of rotatable bonds is 9. The molecule has 1 aromatic heterocycles. The van der Waals surface area contributed by atoms with Crippen molar-refractivity contribution >= 4 is 5.91 Å². The van der Waals surface area contributed by atoms with Gasteiger partial charge in [0.05, 0.1) is 19.3 Å². The van der Waals surface area contributed by atoms with Crippen molar-refractivity contribution in [3.63, 3.8) is 0 Å². The highest BCUT2D eigenvalue weighted by atomic mass is 16.5. The molecule has 6 nitrogen and oxygen atoms in total. The number of unbranched alkanes of at least 4 members (excludes halogenated alkanes) is 2. The van der Waals surface area contributed by atoms with E-state index in [1.54, 1.807) is 17.9 Å². The van der Waals surface area contributed by atoms with Crippen molar-refractivity contribution in [2.24, 2.45) is 0 Å². The van der Waals surface area contributed by atoms with Crippen molar-refractivity contribution in [2.75, 3.05) is 20.3 Å². The van der Waals surface area contributed by atoms with Gasteiger partial charge in [-0.3, -0.25) is 9.48 Å². The normalized spacial score (nSPS) is 10.4. The maximum Gasteiger partial charge on any atom is 0.219 e. The van der Waals surface area contributed by atoms with E-state index in [0.717, 1.165) is 32.4 Å². The van der Waals surface area contributed by atoms with Gasteiger partial charge in [-0.15, -0.1) is 5.10 Å². The number of ether oxygens (including phenoxy) is 1. The third-order valence-electron chi connectivity index (χ3n) is 2.41. The summed E-state index contributed by atoms with van der Waals surface area (Å²) >= 11 is 0. The average Bonchev–Trinajstić information content (AvgIpc) is 2.85. The van der Waals surface area contributed by atoms with E-state index in [0.29, 0.717) is 13.0 Å². The van der Waals surface area contributed by atoms with Crippen molar-refractivity contribution < 1.29 is 9.53 Å². The van der Waals surface area contributed by atoms with Gasteiger partial charge in [-0.05, 0) is 12.8 Å². The van der Waals surface area contributed by atoms with Gasteiger partial charge in [-0.2, -0.15) is 0 Å². The second-order valence-electron chi connectivity index (χ2n) is 3.76. The summed E-state index contributed by atoms with van der Waals surface area (Å²) in [5, 5.41) is 10.1. The molecule has 6 heteroatoms. The number of nitrogens with zero attached hydrogens (tertiary/aromatic N) is 3. The molecule has 1 rings (SSSR count). The van der Waals surface area contributed by atoms with Gasteiger partial charge in [0.25, 0.3) is 0 Å². The minimum absolute atomic E-state index is 0.108. The molecule has 1 N–H and O–H groups in total. The van der Waals surface area contributed by atoms with E-state index in [1.807, 2.05) is 6.20 Å². The SMILES string of the molecule is CNC(=O)CCCCCOCCn1ccnn1. The molecule has 0 aliphatic carbocycles. The Balaban J connectivity index is 1.83. The highest BCUT2D eigenvalue weighted by molar-refractivity contribution is 5.75. The smallest absolute Gasteiger partial charge is 0.219 e. The molecule has 0 unspecified atom stereocenters. The molecule has 1 amide bonds. The van der Waals surface area contributed by atoms with Crippen LogP contribution < -0.4 is 5.32 Å². The van der Waals surface area contributed by atoms with Crippen LogP contribution in [-0.4, -0.2) is 41.2 Å². The second-order valence-corrected chi connectivity index (χ2v) is 3.76. The van der Waals surface area contributed by atoms with Crippen molar-refractivity contribution in [2.45, 2.75) is 32.2 Å². The van der Waals surface area contributed by atoms with Gasteiger partial charge in [-0.25, -0.2) is 0 Å². The number of nitrogens with one attached hydrogen (secondary N) is 1. The van der Waals surface area contributed by atoms with Crippen LogP contribution in [0.3, 0.4) is 0 Å². The van der Waals surface area contributed by atoms with Crippen LogP contribution in [-0.2, 0) is 16.1 Å². The predicted octanol–water partition coefficient (Wildman–Crippen LogP) is 0.601. The largest absolute Gasteiger partial charge is 0.380 e. The van der Waals surface area contributed by atoms with Gasteiger partial charge in [0.15, 0.2) is 0 Å². The summed E-state index contributed by atoms with van der Waals surface area (Å²) in [5.41, 5.74) is 0. The summed E-state index contributed by atoms with van der Waals surface area (Å²) in [6.07, 6.45) is 7.01. The maximum atomic E-state index is 10.9. The number of amides is 1. The topological polar surface area (TPSA) is 69.0 Å². The zero-order valence-electron chi connectivity index (χ0n) is 10.3. The molecule has 0 radical (unpaired) electrons. The Labute approximate surface area is 101 Å². The lowest BCUT2D eigenvalue weighted by atomic mass is 10.2. The highest BCUT2D eigenvalue weighted by Gasteiger charge is 1.97. The maximum absolute atomic E-state index is 10.9. The molecule has 0 fully saturated rings. The third kappa shape index (κ3) is 6.68. The standard InChI is InChI=1S/C11H20N4O2/c1-12-11(16)5-3-2-4-9-17-10-8-15-7-6-13-14-15/h6-7H,2-5,8-10H2,1H3,(H,12,16). The summed E-state index contributed by atoms with van der Waals surface area (Å²) in [5.74, 6) is 0.108. The number of aromatic nitrogens is 3. The van der Waals surface area contributed by atoms with E-state index in [4.69, 9.17) is 4.74 Å². The van der Waals surface area contributed by atoms with E-state index >= 15 is 0 Å². The number of carbonyl (C=O) groups excluding carboxylic acids is 1. The van der Waals surface area contributed by atoms with Crippen molar-refractivity contribution in [3.05, 3.63) is 12.4 Å². The minimum Gasteiger partial charge on any atom is -0.380 e. The Morgan fingerprint density at radius 3 is 2.94 bits per heavy atom. The molecule has 0 saturated heterocycles. The molecular weight excluding hydrogens is 220 g/mol. The molecule has 96 valence electrons. The van der Waals surface area contributed by atoms with Crippen LogP contribution in [0.2, 0.25) is 0 Å². The summed E-state index contributed by atoms with van der Waals surface area (Å²) in [6.45, 7) is 2.12. The fourth-order valence-electron chi connectivity index (χ4n) is 1.40. The average molecular weight is 240 g/mol. The van der Waals surface area contributed by atoms with E-state index in [2.05, 4.69) is 15.6 Å². The van der Waals surface area contributed by atoms with E-state index in [1.165, 1.54) is 0 Å². The number of hydrogen-bond donors (Lipinski definition) is 1. The first-order valence-corrected chi connectivity index (χ1v) is 5.95. The zero-order chi connectivity index (χ0) is 12.3. The van der Waals surface area contributed by atoms with E-state index in [-0.39, 0.29) is 5.91 Å². The zero-order valence-corrected chi connectivity index (χ0v) is 10.3. The van der Waals surface area contributed by atoms with Crippen molar-refractivity contribution in [1.29, 1.82) is 0 Å². The van der Waals surface area contributed by atoms with Gasteiger partial charge in [0.1, 0.15) is 0 Å². The van der Waals surface area contributed by atoms with Gasteiger partial charge < -0.3 is 10.1 Å². The first-order chi connectivity index (χ1) is 8.33. The van der Waals surface area contributed by atoms with Crippen molar-refractivity contribution in [1.82, 2.24) is 20.3 Å². The molecular formula is C11H20N4O2. The monoisotopic (exact) mass is 240 g/mol. The quantitative estimate of drug-likeness (QED) is 0.642. The summed E-state index contributed by atoms with van der Waals surface area (Å²) in [7, 11) is 1.66. The predicted molar refractivity (Wildman–Crippen MR) is 63.4 cm³/mol. The first-order valence-electron chi connectivity index (χ1n) is 5.95. The molecule has 0 spiro atoms. The molecule has 0 bridgehead atoms. The first kappa shape index (κ1) is 13.6.